The van der Waals surface area contributed by atoms with Crippen LogP contribution in [0.5, 0.6) is 0 Å². The van der Waals surface area contributed by atoms with Crippen molar-refractivity contribution in [2.24, 2.45) is 0 Å². The van der Waals surface area contributed by atoms with Gasteiger partial charge in [-0.05, 0) is 12.1 Å². The number of esters is 1. The lowest BCUT2D eigenvalue weighted by Gasteiger charge is -2.07. The van der Waals surface area contributed by atoms with Crippen LogP contribution in [0.3, 0.4) is 0 Å². The number of pyridine rings is 1. The molecule has 0 aromatic carbocycles. The van der Waals surface area contributed by atoms with Crippen molar-refractivity contribution in [1.29, 1.82) is 0 Å². The minimum absolute atomic E-state index is 0.212. The Morgan fingerprint density at radius 3 is 2.57 bits per heavy atom. The van der Waals surface area contributed by atoms with Gasteiger partial charge in [-0.3, -0.25) is 0 Å². The molecule has 1 unspecified atom stereocenters. The highest BCUT2D eigenvalue weighted by Crippen LogP contribution is 2.09. The normalized spacial score (nSPS) is 12.6. The molecule has 14 heavy (non-hydrogen) atoms. The van der Waals surface area contributed by atoms with E-state index in [9.17, 15) is 18.0 Å². The van der Waals surface area contributed by atoms with Crippen molar-refractivity contribution in [2.75, 3.05) is 0 Å². The van der Waals surface area contributed by atoms with Gasteiger partial charge in [0.2, 0.25) is 0 Å². The molecular weight excluding hydrogens is 199 g/mol. The summed E-state index contributed by atoms with van der Waals surface area (Å²) in [6.45, 7) is 0. The number of carbonyl (C=O) groups is 1. The Bertz CT molecular complexity index is 305. The first kappa shape index (κ1) is 10.5. The van der Waals surface area contributed by atoms with Crippen LogP contribution in [0.2, 0.25) is 0 Å². The first-order chi connectivity index (χ1) is 6.61. The van der Waals surface area contributed by atoms with Crippen molar-refractivity contribution in [3.8, 4) is 0 Å². The van der Waals surface area contributed by atoms with Crippen molar-refractivity contribution in [2.45, 2.75) is 12.8 Å². The molecule has 3 nitrogen and oxygen atoms in total. The van der Waals surface area contributed by atoms with E-state index in [0.717, 1.165) is 0 Å². The van der Waals surface area contributed by atoms with Crippen molar-refractivity contribution in [3.05, 3.63) is 30.1 Å². The largest absolute Gasteiger partial charge is 0.420 e. The van der Waals surface area contributed by atoms with Gasteiger partial charge < -0.3 is 4.74 Å². The van der Waals surface area contributed by atoms with Gasteiger partial charge in [0.25, 0.3) is 0 Å². The maximum absolute atomic E-state index is 12.2. The molecule has 0 bridgehead atoms. The highest BCUT2D eigenvalue weighted by atomic mass is 19.3. The standard InChI is InChI=1S/C8H6F3NO2/c9-6(10)7(11)14-8(13)5-3-1-2-4-12-5/h1-4,6-7H. The van der Waals surface area contributed by atoms with Crippen molar-refractivity contribution >= 4 is 5.97 Å². The van der Waals surface area contributed by atoms with E-state index in [1.165, 1.54) is 24.4 Å². The molecule has 0 radical (unpaired) electrons. The molecule has 6 heteroatoms. The van der Waals surface area contributed by atoms with Crippen LogP contribution < -0.4 is 0 Å². The van der Waals surface area contributed by atoms with Crippen LogP contribution >= 0.6 is 0 Å². The maximum Gasteiger partial charge on any atom is 0.359 e. The summed E-state index contributed by atoms with van der Waals surface area (Å²) in [5.74, 6) is -1.21. The molecule has 1 aromatic heterocycles. The second kappa shape index (κ2) is 4.59. The predicted molar refractivity (Wildman–Crippen MR) is 40.6 cm³/mol. The second-order valence-corrected chi connectivity index (χ2v) is 2.31. The van der Waals surface area contributed by atoms with E-state index in [0.29, 0.717) is 0 Å². The number of carbonyl (C=O) groups excluding carboxylic acids is 1. The summed E-state index contributed by atoms with van der Waals surface area (Å²) in [5.41, 5.74) is -0.212. The quantitative estimate of drug-likeness (QED) is 0.706. The van der Waals surface area contributed by atoms with Gasteiger partial charge in [0, 0.05) is 6.20 Å². The summed E-state index contributed by atoms with van der Waals surface area (Å²) in [7, 11) is 0. The van der Waals surface area contributed by atoms with Crippen LogP contribution in [0.1, 0.15) is 10.5 Å². The number of hydrogen-bond acceptors (Lipinski definition) is 3. The van der Waals surface area contributed by atoms with E-state index in [1.54, 1.807) is 0 Å². The number of nitrogens with zero attached hydrogens (tertiary/aromatic N) is 1. The van der Waals surface area contributed by atoms with E-state index in [2.05, 4.69) is 9.72 Å². The van der Waals surface area contributed by atoms with Crippen LogP contribution in [0, 0.1) is 0 Å². The predicted octanol–water partition coefficient (Wildman–Crippen LogP) is 1.80. The third-order valence-corrected chi connectivity index (χ3v) is 1.29. The molecule has 1 atom stereocenters. The van der Waals surface area contributed by atoms with Gasteiger partial charge in [-0.2, -0.15) is 4.39 Å². The Labute approximate surface area is 77.5 Å². The van der Waals surface area contributed by atoms with Gasteiger partial charge in [-0.25, -0.2) is 18.6 Å². The molecule has 0 amide bonds. The SMILES string of the molecule is O=C(OC(F)C(F)F)c1ccccn1. The Hall–Kier alpha value is -1.59. The van der Waals surface area contributed by atoms with Crippen LogP contribution in [-0.4, -0.2) is 23.7 Å². The highest BCUT2D eigenvalue weighted by molar-refractivity contribution is 5.87. The summed E-state index contributed by atoms with van der Waals surface area (Å²) in [4.78, 5) is 14.4. The summed E-state index contributed by atoms with van der Waals surface area (Å²) < 4.78 is 39.3. The number of aromatic nitrogens is 1. The third kappa shape index (κ3) is 2.72. The van der Waals surface area contributed by atoms with Gasteiger partial charge in [0.1, 0.15) is 5.69 Å². The zero-order chi connectivity index (χ0) is 10.6. The topological polar surface area (TPSA) is 39.2 Å². The maximum atomic E-state index is 12.2. The number of halogens is 3. The molecule has 1 aromatic rings. The molecule has 0 aliphatic rings. The van der Waals surface area contributed by atoms with Crippen molar-refractivity contribution in [3.63, 3.8) is 0 Å². The first-order valence-electron chi connectivity index (χ1n) is 3.65. The Kier molecular flexibility index (Phi) is 3.44. The summed E-state index contributed by atoms with van der Waals surface area (Å²) >= 11 is 0. The van der Waals surface area contributed by atoms with E-state index >= 15 is 0 Å². The molecule has 0 saturated heterocycles. The monoisotopic (exact) mass is 205 g/mol. The van der Waals surface area contributed by atoms with Crippen molar-refractivity contribution < 1.29 is 22.7 Å². The second-order valence-electron chi connectivity index (χ2n) is 2.31. The van der Waals surface area contributed by atoms with Crippen LogP contribution in [0.4, 0.5) is 13.2 Å². The van der Waals surface area contributed by atoms with Crippen molar-refractivity contribution in [1.82, 2.24) is 4.98 Å². The zero-order valence-electron chi connectivity index (χ0n) is 6.86. The molecule has 0 N–H and O–H groups in total. The number of hydrogen-bond donors (Lipinski definition) is 0. The molecule has 0 spiro atoms. The van der Waals surface area contributed by atoms with Crippen LogP contribution in [0.15, 0.2) is 24.4 Å². The van der Waals surface area contributed by atoms with E-state index in [-0.39, 0.29) is 5.69 Å². The fourth-order valence-corrected chi connectivity index (χ4v) is 0.698. The van der Waals surface area contributed by atoms with E-state index in [1.807, 2.05) is 0 Å². The first-order valence-corrected chi connectivity index (χ1v) is 3.65. The van der Waals surface area contributed by atoms with E-state index < -0.39 is 18.8 Å². The lowest BCUT2D eigenvalue weighted by Crippen LogP contribution is -2.21. The average molecular weight is 205 g/mol. The van der Waals surface area contributed by atoms with Crippen LogP contribution in [-0.2, 0) is 4.74 Å². The number of rotatable bonds is 3. The Morgan fingerprint density at radius 2 is 2.07 bits per heavy atom. The Morgan fingerprint density at radius 1 is 1.36 bits per heavy atom. The third-order valence-electron chi connectivity index (χ3n) is 1.29. The lowest BCUT2D eigenvalue weighted by atomic mass is 10.3. The Balaban J connectivity index is 2.60. The summed E-state index contributed by atoms with van der Waals surface area (Å²) in [6, 6.07) is 4.22. The van der Waals surface area contributed by atoms with Gasteiger partial charge >= 0.3 is 18.8 Å². The molecule has 0 saturated carbocycles. The number of alkyl halides is 3. The fraction of sp³-hybridized carbons (Fsp3) is 0.250. The molecule has 76 valence electrons. The fourth-order valence-electron chi connectivity index (χ4n) is 0.698. The minimum atomic E-state index is -3.34. The summed E-state index contributed by atoms with van der Waals surface area (Å²) in [5, 5.41) is 0. The molecule has 1 rings (SSSR count). The van der Waals surface area contributed by atoms with Gasteiger partial charge in [0.15, 0.2) is 0 Å². The average Bonchev–Trinajstić information content (AvgIpc) is 2.19. The summed E-state index contributed by atoms with van der Waals surface area (Å²) in [6.07, 6.45) is -4.99. The number of ether oxygens (including phenoxy) is 1. The minimum Gasteiger partial charge on any atom is -0.420 e. The molecule has 0 aliphatic carbocycles. The lowest BCUT2D eigenvalue weighted by molar-refractivity contribution is -0.0973. The van der Waals surface area contributed by atoms with Gasteiger partial charge in [-0.1, -0.05) is 6.07 Å². The molecular formula is C8H6F3NO2. The zero-order valence-corrected chi connectivity index (χ0v) is 6.86. The molecule has 1 heterocycles. The molecule has 0 aliphatic heterocycles. The van der Waals surface area contributed by atoms with Crippen LogP contribution in [0.25, 0.3) is 0 Å². The smallest absolute Gasteiger partial charge is 0.359 e. The van der Waals surface area contributed by atoms with E-state index in [4.69, 9.17) is 0 Å². The van der Waals surface area contributed by atoms with Gasteiger partial charge in [0.05, 0.1) is 0 Å². The molecule has 0 fully saturated rings. The van der Waals surface area contributed by atoms with Gasteiger partial charge in [-0.15, -0.1) is 0 Å². The highest BCUT2D eigenvalue weighted by Gasteiger charge is 2.24.